The largest absolute Gasteiger partial charge is 0.471 e. The van der Waals surface area contributed by atoms with Gasteiger partial charge in [-0.3, -0.25) is 4.79 Å². The molecule has 5 heteroatoms. The van der Waals surface area contributed by atoms with Crippen molar-refractivity contribution in [2.75, 3.05) is 0 Å². The summed E-state index contributed by atoms with van der Waals surface area (Å²) < 4.78 is 35.7. The molecule has 1 aliphatic rings. The van der Waals surface area contributed by atoms with Gasteiger partial charge in [-0.1, -0.05) is 26.7 Å². The summed E-state index contributed by atoms with van der Waals surface area (Å²) in [6.45, 7) is 5.64. The van der Waals surface area contributed by atoms with E-state index >= 15 is 0 Å². The lowest BCUT2D eigenvalue weighted by molar-refractivity contribution is -0.174. The summed E-state index contributed by atoms with van der Waals surface area (Å²) in [6.07, 6.45) is -0.820. The van der Waals surface area contributed by atoms with Gasteiger partial charge in [0.1, 0.15) is 0 Å². The van der Waals surface area contributed by atoms with E-state index in [1.165, 1.54) is 0 Å². The number of hydrogen-bond acceptors (Lipinski definition) is 1. The average Bonchev–Trinajstić information content (AvgIpc) is 2.72. The van der Waals surface area contributed by atoms with Crippen molar-refractivity contribution in [1.29, 1.82) is 0 Å². The molecule has 0 bridgehead atoms. The number of alkyl halides is 3. The van der Waals surface area contributed by atoms with E-state index in [1.807, 2.05) is 19.2 Å². The summed E-state index contributed by atoms with van der Waals surface area (Å²) >= 11 is 0. The van der Waals surface area contributed by atoms with Crippen molar-refractivity contribution in [1.82, 2.24) is 5.32 Å². The number of nitrogens with one attached hydrogen (secondary N) is 1. The molecule has 0 heterocycles. The molecule has 0 aliphatic heterocycles. The van der Waals surface area contributed by atoms with Gasteiger partial charge in [0, 0.05) is 6.04 Å². The summed E-state index contributed by atoms with van der Waals surface area (Å²) in [5.41, 5.74) is 0. The van der Waals surface area contributed by atoms with Crippen LogP contribution in [-0.2, 0) is 4.79 Å². The third kappa shape index (κ3) is 4.86. The molecule has 1 saturated carbocycles. The zero-order valence-electron chi connectivity index (χ0n) is 10.0. The molecule has 1 atom stereocenters. The number of amides is 1. The molecule has 1 rings (SSSR count). The van der Waals surface area contributed by atoms with E-state index in [9.17, 15) is 18.0 Å². The second-order valence-corrected chi connectivity index (χ2v) is 3.80. The first kappa shape index (κ1) is 15.3. The predicted octanol–water partition coefficient (Wildman–Crippen LogP) is 3.27. The molecule has 1 N–H and O–H groups in total. The number of halogens is 3. The third-order valence-corrected chi connectivity index (χ3v) is 2.72. The molecular formula is C11H20F3NO. The van der Waals surface area contributed by atoms with Gasteiger partial charge in [0.05, 0.1) is 0 Å². The van der Waals surface area contributed by atoms with Crippen LogP contribution in [0.4, 0.5) is 13.2 Å². The molecule has 1 aliphatic carbocycles. The Morgan fingerprint density at radius 1 is 1.25 bits per heavy atom. The smallest absolute Gasteiger partial charge is 0.346 e. The van der Waals surface area contributed by atoms with Crippen LogP contribution >= 0.6 is 0 Å². The Labute approximate surface area is 94.6 Å². The number of hydrogen-bond donors (Lipinski definition) is 1. The van der Waals surface area contributed by atoms with Crippen LogP contribution in [0, 0.1) is 5.92 Å². The monoisotopic (exact) mass is 239 g/mol. The SMILES string of the molecule is CC.CC(NC(=O)C(F)(F)F)C1CCCC1. The highest BCUT2D eigenvalue weighted by Gasteiger charge is 2.40. The molecule has 1 amide bonds. The van der Waals surface area contributed by atoms with Crippen LogP contribution in [0.2, 0.25) is 0 Å². The Morgan fingerprint density at radius 2 is 1.69 bits per heavy atom. The summed E-state index contributed by atoms with van der Waals surface area (Å²) in [6, 6.07) is -0.369. The first-order valence-electron chi connectivity index (χ1n) is 5.79. The zero-order chi connectivity index (χ0) is 12.8. The fraction of sp³-hybridized carbons (Fsp3) is 0.909. The van der Waals surface area contributed by atoms with Gasteiger partial charge in [0.2, 0.25) is 0 Å². The lowest BCUT2D eigenvalue weighted by Gasteiger charge is -2.20. The lowest BCUT2D eigenvalue weighted by atomic mass is 10.00. The molecular weight excluding hydrogens is 219 g/mol. The standard InChI is InChI=1S/C9H14F3NO.C2H6/c1-6(7-4-2-3-5-7)13-8(14)9(10,11)12;1-2/h6-7H,2-5H2,1H3,(H,13,14);1-2H3. The normalized spacial score (nSPS) is 18.6. The number of rotatable bonds is 2. The van der Waals surface area contributed by atoms with Crippen molar-refractivity contribution in [3.05, 3.63) is 0 Å². The number of carbonyl (C=O) groups excluding carboxylic acids is 1. The quantitative estimate of drug-likeness (QED) is 0.787. The molecule has 96 valence electrons. The van der Waals surface area contributed by atoms with E-state index in [0.29, 0.717) is 0 Å². The van der Waals surface area contributed by atoms with Gasteiger partial charge in [-0.2, -0.15) is 13.2 Å². The van der Waals surface area contributed by atoms with Crippen LogP contribution in [0.5, 0.6) is 0 Å². The predicted molar refractivity (Wildman–Crippen MR) is 57.0 cm³/mol. The van der Waals surface area contributed by atoms with Crippen LogP contribution in [0.25, 0.3) is 0 Å². The highest BCUT2D eigenvalue weighted by atomic mass is 19.4. The number of carbonyl (C=O) groups is 1. The van der Waals surface area contributed by atoms with E-state index < -0.39 is 12.1 Å². The molecule has 0 aromatic heterocycles. The maximum atomic E-state index is 11.9. The van der Waals surface area contributed by atoms with E-state index in [1.54, 1.807) is 6.92 Å². The van der Waals surface area contributed by atoms with Crippen molar-refractivity contribution in [2.45, 2.75) is 58.7 Å². The summed E-state index contributed by atoms with van der Waals surface area (Å²) in [4.78, 5) is 10.6. The van der Waals surface area contributed by atoms with E-state index in [-0.39, 0.29) is 12.0 Å². The van der Waals surface area contributed by atoms with Gasteiger partial charge < -0.3 is 5.32 Å². The van der Waals surface area contributed by atoms with Gasteiger partial charge >= 0.3 is 12.1 Å². The van der Waals surface area contributed by atoms with E-state index in [0.717, 1.165) is 25.7 Å². The summed E-state index contributed by atoms with van der Waals surface area (Å²) in [5.74, 6) is -1.61. The Balaban J connectivity index is 0.00000106. The lowest BCUT2D eigenvalue weighted by Crippen LogP contribution is -2.44. The van der Waals surface area contributed by atoms with Crippen LogP contribution in [0.1, 0.15) is 46.5 Å². The Kier molecular flexibility index (Phi) is 6.45. The molecule has 0 aromatic rings. The van der Waals surface area contributed by atoms with Crippen molar-refractivity contribution in [2.24, 2.45) is 5.92 Å². The Morgan fingerprint density at radius 3 is 2.06 bits per heavy atom. The molecule has 2 nitrogen and oxygen atoms in total. The fourth-order valence-electron chi connectivity index (χ4n) is 1.86. The minimum absolute atomic E-state index is 0.210. The van der Waals surface area contributed by atoms with Gasteiger partial charge in [-0.05, 0) is 25.7 Å². The minimum Gasteiger partial charge on any atom is -0.346 e. The maximum absolute atomic E-state index is 11.9. The van der Waals surface area contributed by atoms with Crippen molar-refractivity contribution >= 4 is 5.91 Å². The van der Waals surface area contributed by atoms with Gasteiger partial charge in [-0.15, -0.1) is 0 Å². The van der Waals surface area contributed by atoms with E-state index in [4.69, 9.17) is 0 Å². The molecule has 1 unspecified atom stereocenters. The molecule has 16 heavy (non-hydrogen) atoms. The minimum atomic E-state index is -4.76. The average molecular weight is 239 g/mol. The molecule has 1 fully saturated rings. The molecule has 0 saturated heterocycles. The Bertz CT molecular complexity index is 210. The topological polar surface area (TPSA) is 29.1 Å². The van der Waals surface area contributed by atoms with Crippen LogP contribution < -0.4 is 5.32 Å². The summed E-state index contributed by atoms with van der Waals surface area (Å²) in [7, 11) is 0. The van der Waals surface area contributed by atoms with Gasteiger partial charge in [0.25, 0.3) is 0 Å². The second kappa shape index (κ2) is 6.76. The van der Waals surface area contributed by atoms with Gasteiger partial charge in [0.15, 0.2) is 0 Å². The maximum Gasteiger partial charge on any atom is 0.471 e. The molecule has 0 radical (unpaired) electrons. The first-order valence-corrected chi connectivity index (χ1v) is 5.79. The molecule has 0 spiro atoms. The van der Waals surface area contributed by atoms with E-state index in [2.05, 4.69) is 0 Å². The fourth-order valence-corrected chi connectivity index (χ4v) is 1.86. The van der Waals surface area contributed by atoms with Gasteiger partial charge in [-0.25, -0.2) is 0 Å². The van der Waals surface area contributed by atoms with Crippen molar-refractivity contribution in [3.8, 4) is 0 Å². The second-order valence-electron chi connectivity index (χ2n) is 3.80. The van der Waals surface area contributed by atoms with Crippen molar-refractivity contribution < 1.29 is 18.0 Å². The van der Waals surface area contributed by atoms with Crippen LogP contribution in [-0.4, -0.2) is 18.1 Å². The van der Waals surface area contributed by atoms with Crippen molar-refractivity contribution in [3.63, 3.8) is 0 Å². The zero-order valence-corrected chi connectivity index (χ0v) is 10.0. The highest BCUT2D eigenvalue weighted by molar-refractivity contribution is 5.81. The highest BCUT2D eigenvalue weighted by Crippen LogP contribution is 2.28. The summed E-state index contributed by atoms with van der Waals surface area (Å²) in [5, 5.41) is 2.00. The molecule has 0 aromatic carbocycles. The van der Waals surface area contributed by atoms with Crippen LogP contribution in [0.3, 0.4) is 0 Å². The first-order chi connectivity index (χ1) is 7.41. The third-order valence-electron chi connectivity index (χ3n) is 2.72. The Hall–Kier alpha value is -0.740. The van der Waals surface area contributed by atoms with Crippen LogP contribution in [0.15, 0.2) is 0 Å².